The first kappa shape index (κ1) is 24.6. The van der Waals surface area contributed by atoms with Crippen molar-refractivity contribution in [3.63, 3.8) is 0 Å². The molecular formula is C30H35N3O2. The highest BCUT2D eigenvalue weighted by Crippen LogP contribution is 2.41. The lowest BCUT2D eigenvalue weighted by atomic mass is 9.77. The van der Waals surface area contributed by atoms with E-state index in [1.807, 2.05) is 36.4 Å². The number of nitrogens with one attached hydrogen (secondary N) is 3. The molecule has 35 heavy (non-hydrogen) atoms. The van der Waals surface area contributed by atoms with Gasteiger partial charge in [-0.25, -0.2) is 0 Å². The SMILES string of the molecule is CC1CNC(=O)C2=Cc3ccc(C(=O)NC(C=N)=CCCCCc4ccccc4)cc3C(C)C1C2. The van der Waals surface area contributed by atoms with Crippen molar-refractivity contribution >= 4 is 24.1 Å². The fourth-order valence-corrected chi connectivity index (χ4v) is 5.25. The zero-order chi connectivity index (χ0) is 24.8. The minimum absolute atomic E-state index is 0.0192. The zero-order valence-corrected chi connectivity index (χ0v) is 20.6. The number of unbranched alkanes of at least 4 members (excludes halogenated alkanes) is 2. The van der Waals surface area contributed by atoms with Gasteiger partial charge in [0.2, 0.25) is 5.91 Å². The summed E-state index contributed by atoms with van der Waals surface area (Å²) in [6.07, 6.45) is 9.79. The molecule has 5 heteroatoms. The quantitative estimate of drug-likeness (QED) is 0.346. The molecule has 0 spiro atoms. The second-order valence-corrected chi connectivity index (χ2v) is 9.85. The molecule has 182 valence electrons. The molecule has 3 atom stereocenters. The van der Waals surface area contributed by atoms with Gasteiger partial charge in [0.1, 0.15) is 0 Å². The van der Waals surface area contributed by atoms with E-state index in [9.17, 15) is 9.59 Å². The Balaban J connectivity index is 1.42. The molecule has 1 heterocycles. The highest BCUT2D eigenvalue weighted by molar-refractivity contribution is 6.00. The van der Waals surface area contributed by atoms with Crippen LogP contribution in [-0.4, -0.2) is 24.6 Å². The van der Waals surface area contributed by atoms with E-state index >= 15 is 0 Å². The third-order valence-electron chi connectivity index (χ3n) is 7.41. The largest absolute Gasteiger partial charge is 0.352 e. The molecule has 3 unspecified atom stereocenters. The van der Waals surface area contributed by atoms with Crippen LogP contribution in [0, 0.1) is 17.2 Å². The standard InChI is InChI=1S/C30H35N3O2/c1-20-19-32-29(34)25-15-23-13-14-24(16-28(23)21(2)27(20)17-25)30(35)33-26(18-31)12-8-4-7-11-22-9-5-3-6-10-22/h3,5-6,9-10,12-16,18,20-21,27,31H,4,7-8,11,17,19H2,1-2H3,(H,32,34)(H,33,35). The fourth-order valence-electron chi connectivity index (χ4n) is 5.25. The minimum Gasteiger partial charge on any atom is -0.352 e. The molecule has 2 aliphatic rings. The van der Waals surface area contributed by atoms with Gasteiger partial charge in [-0.2, -0.15) is 0 Å². The molecule has 2 amide bonds. The molecular weight excluding hydrogens is 434 g/mol. The molecule has 0 saturated carbocycles. The molecule has 2 aromatic rings. The Labute approximate surface area is 208 Å². The van der Waals surface area contributed by atoms with Crippen LogP contribution in [0.1, 0.15) is 72.5 Å². The van der Waals surface area contributed by atoms with E-state index in [0.29, 0.717) is 29.6 Å². The summed E-state index contributed by atoms with van der Waals surface area (Å²) in [4.78, 5) is 25.5. The van der Waals surface area contributed by atoms with Gasteiger partial charge in [0, 0.05) is 23.9 Å². The van der Waals surface area contributed by atoms with Crippen molar-refractivity contribution in [2.24, 2.45) is 11.8 Å². The Morgan fingerprint density at radius 3 is 2.71 bits per heavy atom. The number of hydrogen-bond donors (Lipinski definition) is 3. The summed E-state index contributed by atoms with van der Waals surface area (Å²) in [6, 6.07) is 16.1. The number of aryl methyl sites for hydroxylation is 1. The molecule has 2 aromatic carbocycles. The Kier molecular flexibility index (Phi) is 7.96. The van der Waals surface area contributed by atoms with Crippen LogP contribution in [0.2, 0.25) is 0 Å². The Morgan fingerprint density at radius 1 is 1.14 bits per heavy atom. The first-order valence-corrected chi connectivity index (χ1v) is 12.6. The molecule has 1 aliphatic heterocycles. The second-order valence-electron chi connectivity index (χ2n) is 9.85. The number of carbonyl (C=O) groups is 2. The van der Waals surface area contributed by atoms with Crippen LogP contribution in [0.15, 0.2) is 65.9 Å². The summed E-state index contributed by atoms with van der Waals surface area (Å²) in [5.41, 5.74) is 5.38. The van der Waals surface area contributed by atoms with Gasteiger partial charge in [-0.3, -0.25) is 9.59 Å². The average Bonchev–Trinajstić information content (AvgIpc) is 3.11. The summed E-state index contributed by atoms with van der Waals surface area (Å²) in [5.74, 6) is 0.745. The lowest BCUT2D eigenvalue weighted by molar-refractivity contribution is -0.117. The molecule has 3 N–H and O–H groups in total. The second kappa shape index (κ2) is 11.3. The van der Waals surface area contributed by atoms with Crippen LogP contribution in [0.5, 0.6) is 0 Å². The van der Waals surface area contributed by atoms with Crippen LogP contribution in [0.4, 0.5) is 0 Å². The van der Waals surface area contributed by atoms with Crippen molar-refractivity contribution in [1.82, 2.24) is 10.6 Å². The van der Waals surface area contributed by atoms with E-state index in [4.69, 9.17) is 5.41 Å². The fraction of sp³-hybridized carbons (Fsp3) is 0.367. The number of carbonyl (C=O) groups excluding carboxylic acids is 2. The van der Waals surface area contributed by atoms with Gasteiger partial charge in [0.25, 0.3) is 5.91 Å². The highest BCUT2D eigenvalue weighted by Gasteiger charge is 2.34. The van der Waals surface area contributed by atoms with E-state index < -0.39 is 0 Å². The van der Waals surface area contributed by atoms with Gasteiger partial charge in [-0.05, 0) is 84.8 Å². The van der Waals surface area contributed by atoms with Crippen molar-refractivity contribution in [3.8, 4) is 0 Å². The van der Waals surface area contributed by atoms with Crippen LogP contribution >= 0.6 is 0 Å². The van der Waals surface area contributed by atoms with Crippen molar-refractivity contribution in [2.45, 2.75) is 51.9 Å². The number of rotatable bonds is 8. The van der Waals surface area contributed by atoms with Gasteiger partial charge in [-0.1, -0.05) is 56.3 Å². The third kappa shape index (κ3) is 5.97. The maximum atomic E-state index is 13.0. The third-order valence-corrected chi connectivity index (χ3v) is 7.41. The van der Waals surface area contributed by atoms with Gasteiger partial charge < -0.3 is 16.0 Å². The molecule has 0 aromatic heterocycles. The predicted molar refractivity (Wildman–Crippen MR) is 141 cm³/mol. The van der Waals surface area contributed by atoms with Gasteiger partial charge in [0.05, 0.1) is 5.70 Å². The normalized spacial score (nSPS) is 21.7. The number of allylic oxidation sites excluding steroid dienone is 2. The van der Waals surface area contributed by atoms with Crippen LogP contribution in [-0.2, 0) is 11.2 Å². The van der Waals surface area contributed by atoms with Crippen LogP contribution < -0.4 is 10.6 Å². The lowest BCUT2D eigenvalue weighted by Crippen LogP contribution is -2.29. The van der Waals surface area contributed by atoms with Gasteiger partial charge >= 0.3 is 0 Å². The van der Waals surface area contributed by atoms with Crippen molar-refractivity contribution in [1.29, 1.82) is 5.41 Å². The van der Waals surface area contributed by atoms with Crippen molar-refractivity contribution < 1.29 is 9.59 Å². The summed E-state index contributed by atoms with van der Waals surface area (Å²) < 4.78 is 0. The zero-order valence-electron chi connectivity index (χ0n) is 20.6. The summed E-state index contributed by atoms with van der Waals surface area (Å²) in [5, 5.41) is 13.7. The van der Waals surface area contributed by atoms with Crippen molar-refractivity contribution in [2.75, 3.05) is 6.54 Å². The van der Waals surface area contributed by atoms with E-state index in [2.05, 4.69) is 48.7 Å². The van der Waals surface area contributed by atoms with Crippen LogP contribution in [0.25, 0.3) is 6.08 Å². The molecule has 1 saturated heterocycles. The monoisotopic (exact) mass is 469 g/mol. The topological polar surface area (TPSA) is 82.1 Å². The molecule has 5 nitrogen and oxygen atoms in total. The van der Waals surface area contributed by atoms with Crippen LogP contribution in [0.3, 0.4) is 0 Å². The Morgan fingerprint density at radius 2 is 1.94 bits per heavy atom. The Hall–Kier alpha value is -3.47. The molecule has 2 bridgehead atoms. The molecule has 0 radical (unpaired) electrons. The van der Waals surface area contributed by atoms with E-state index in [1.165, 1.54) is 11.8 Å². The molecule has 1 aliphatic carbocycles. The first-order valence-electron chi connectivity index (χ1n) is 12.6. The number of hydrogen-bond acceptors (Lipinski definition) is 3. The Bertz CT molecular complexity index is 1150. The maximum Gasteiger partial charge on any atom is 0.255 e. The van der Waals surface area contributed by atoms with E-state index in [0.717, 1.165) is 48.8 Å². The summed E-state index contributed by atoms with van der Waals surface area (Å²) in [7, 11) is 0. The highest BCUT2D eigenvalue weighted by atomic mass is 16.2. The molecule has 1 fully saturated rings. The van der Waals surface area contributed by atoms with E-state index in [-0.39, 0.29) is 17.7 Å². The minimum atomic E-state index is -0.207. The number of fused-ring (bicyclic) bond motifs is 3. The predicted octanol–water partition coefficient (Wildman–Crippen LogP) is 5.64. The van der Waals surface area contributed by atoms with Gasteiger partial charge in [-0.15, -0.1) is 0 Å². The number of amides is 2. The number of benzene rings is 2. The van der Waals surface area contributed by atoms with E-state index in [1.54, 1.807) is 0 Å². The van der Waals surface area contributed by atoms with Crippen molar-refractivity contribution in [3.05, 3.63) is 88.1 Å². The summed E-state index contributed by atoms with van der Waals surface area (Å²) >= 11 is 0. The smallest absolute Gasteiger partial charge is 0.255 e. The summed E-state index contributed by atoms with van der Waals surface area (Å²) in [6.45, 7) is 5.07. The van der Waals surface area contributed by atoms with Gasteiger partial charge in [0.15, 0.2) is 0 Å². The lowest BCUT2D eigenvalue weighted by Gasteiger charge is -2.28. The average molecular weight is 470 g/mol. The first-order chi connectivity index (χ1) is 17.0. The molecule has 4 rings (SSSR count). The maximum absolute atomic E-state index is 13.0.